The number of hydrogen-bond acceptors (Lipinski definition) is 6. The van der Waals surface area contributed by atoms with Gasteiger partial charge in [-0.2, -0.15) is 0 Å². The maximum absolute atomic E-state index is 5.46. The molecule has 1 aliphatic rings. The highest BCUT2D eigenvalue weighted by Crippen LogP contribution is 2.20. The first-order valence-electron chi connectivity index (χ1n) is 10.3. The predicted molar refractivity (Wildman–Crippen MR) is 123 cm³/mol. The minimum absolute atomic E-state index is 0.684. The van der Waals surface area contributed by atoms with Gasteiger partial charge in [-0.15, -0.1) is 11.3 Å². The molecule has 6 nitrogen and oxygen atoms in total. The topological polar surface area (TPSA) is 61.8 Å². The molecular weight excluding hydrogens is 402 g/mol. The molecule has 1 saturated heterocycles. The van der Waals surface area contributed by atoms with Crippen molar-refractivity contribution in [1.29, 1.82) is 0 Å². The second-order valence-electron chi connectivity index (χ2n) is 6.78. The van der Waals surface area contributed by atoms with Crippen molar-refractivity contribution in [3.05, 3.63) is 47.0 Å². The van der Waals surface area contributed by atoms with E-state index < -0.39 is 0 Å². The lowest BCUT2D eigenvalue weighted by Crippen LogP contribution is -2.38. The number of hydrogen-bond donors (Lipinski definition) is 2. The van der Waals surface area contributed by atoms with Crippen LogP contribution in [-0.4, -0.2) is 61.0 Å². The van der Waals surface area contributed by atoms with E-state index in [2.05, 4.69) is 51.7 Å². The summed E-state index contributed by atoms with van der Waals surface area (Å²) in [7, 11) is 0. The molecule has 0 radical (unpaired) electrons. The smallest absolute Gasteiger partial charge is 0.191 e. The van der Waals surface area contributed by atoms with Gasteiger partial charge in [0.05, 0.1) is 19.8 Å². The summed E-state index contributed by atoms with van der Waals surface area (Å²) in [4.78, 5) is 11.6. The van der Waals surface area contributed by atoms with Crippen LogP contribution in [0.4, 0.5) is 0 Å². The zero-order valence-corrected chi connectivity index (χ0v) is 18.7. The molecule has 0 spiro atoms. The van der Waals surface area contributed by atoms with Crippen LogP contribution in [0.25, 0.3) is 0 Å². The Balaban J connectivity index is 1.48. The lowest BCUT2D eigenvalue weighted by atomic mass is 10.1. The third-order valence-corrected chi connectivity index (χ3v) is 6.67. The van der Waals surface area contributed by atoms with Gasteiger partial charge in [-0.1, -0.05) is 36.0 Å². The van der Waals surface area contributed by atoms with E-state index in [4.69, 9.17) is 9.73 Å². The molecule has 1 aromatic carbocycles. The van der Waals surface area contributed by atoms with Crippen LogP contribution >= 0.6 is 23.1 Å². The van der Waals surface area contributed by atoms with E-state index in [0.29, 0.717) is 6.54 Å². The molecule has 1 aliphatic heterocycles. The number of nitrogens with one attached hydrogen (secondary N) is 2. The zero-order valence-electron chi connectivity index (χ0n) is 17.1. The maximum Gasteiger partial charge on any atom is 0.191 e. The molecule has 0 aliphatic carbocycles. The molecular formula is C21H31N5OS2. The Labute approximate surface area is 182 Å². The van der Waals surface area contributed by atoms with Crippen molar-refractivity contribution in [3.63, 3.8) is 0 Å². The average Bonchev–Trinajstić information content (AvgIpc) is 3.27. The molecule has 0 atom stereocenters. The van der Waals surface area contributed by atoms with E-state index in [1.54, 1.807) is 11.3 Å². The Kier molecular flexibility index (Phi) is 9.78. The minimum Gasteiger partial charge on any atom is -0.379 e. The van der Waals surface area contributed by atoms with Gasteiger partial charge < -0.3 is 15.4 Å². The van der Waals surface area contributed by atoms with E-state index in [1.807, 2.05) is 23.3 Å². The summed E-state index contributed by atoms with van der Waals surface area (Å²) in [6.45, 7) is 9.17. The van der Waals surface area contributed by atoms with Gasteiger partial charge in [-0.05, 0) is 24.5 Å². The molecule has 0 bridgehead atoms. The molecule has 0 unspecified atom stereocenters. The Bertz CT molecular complexity index is 732. The van der Waals surface area contributed by atoms with Gasteiger partial charge in [0.1, 0.15) is 4.34 Å². The number of morpholine rings is 1. The maximum atomic E-state index is 5.46. The van der Waals surface area contributed by atoms with E-state index >= 15 is 0 Å². The highest BCUT2D eigenvalue weighted by Gasteiger charge is 2.12. The summed E-state index contributed by atoms with van der Waals surface area (Å²) in [6.07, 6.45) is 2.93. The number of aromatic nitrogens is 1. The number of rotatable bonds is 10. The average molecular weight is 434 g/mol. The summed E-state index contributed by atoms with van der Waals surface area (Å²) in [5.74, 6) is 1.94. The van der Waals surface area contributed by atoms with E-state index in [-0.39, 0.29) is 0 Å². The number of benzene rings is 1. The third kappa shape index (κ3) is 7.97. The molecule has 8 heteroatoms. The van der Waals surface area contributed by atoms with Crippen molar-refractivity contribution >= 4 is 29.1 Å². The van der Waals surface area contributed by atoms with Crippen molar-refractivity contribution in [3.8, 4) is 0 Å². The molecule has 1 fully saturated rings. The number of thioether (sulfide) groups is 1. The van der Waals surface area contributed by atoms with Crippen LogP contribution in [0.5, 0.6) is 0 Å². The summed E-state index contributed by atoms with van der Waals surface area (Å²) in [5, 5.41) is 8.83. The summed E-state index contributed by atoms with van der Waals surface area (Å²) >= 11 is 3.51. The first-order chi connectivity index (χ1) is 14.3. The van der Waals surface area contributed by atoms with Crippen molar-refractivity contribution in [2.24, 2.45) is 4.99 Å². The van der Waals surface area contributed by atoms with Crippen molar-refractivity contribution < 1.29 is 4.74 Å². The number of ether oxygens (including phenoxy) is 1. The van der Waals surface area contributed by atoms with Crippen molar-refractivity contribution in [2.45, 2.75) is 30.8 Å². The summed E-state index contributed by atoms with van der Waals surface area (Å²) in [5.41, 5.74) is 2.64. The molecule has 1 aromatic heterocycles. The van der Waals surface area contributed by atoms with E-state index in [1.165, 1.54) is 11.1 Å². The summed E-state index contributed by atoms with van der Waals surface area (Å²) in [6, 6.07) is 8.63. The normalized spacial score (nSPS) is 15.4. The van der Waals surface area contributed by atoms with Gasteiger partial charge in [0.15, 0.2) is 5.96 Å². The fourth-order valence-electron chi connectivity index (χ4n) is 3.09. The molecule has 3 rings (SSSR count). The Morgan fingerprint density at radius 2 is 2.07 bits per heavy atom. The van der Waals surface area contributed by atoms with Gasteiger partial charge in [-0.25, -0.2) is 9.98 Å². The fourth-order valence-corrected chi connectivity index (χ4v) is 4.74. The SMILES string of the molecule is CCNC(=NCc1ccccc1CN1CCOCC1)NCCCSc1nccs1. The quantitative estimate of drug-likeness (QED) is 0.260. The second kappa shape index (κ2) is 12.8. The molecule has 158 valence electrons. The minimum atomic E-state index is 0.684. The largest absolute Gasteiger partial charge is 0.379 e. The van der Waals surface area contributed by atoms with Gasteiger partial charge in [0.25, 0.3) is 0 Å². The monoisotopic (exact) mass is 433 g/mol. The third-order valence-electron chi connectivity index (χ3n) is 4.62. The molecule has 2 N–H and O–H groups in total. The molecule has 29 heavy (non-hydrogen) atoms. The highest BCUT2D eigenvalue weighted by molar-refractivity contribution is 8.00. The van der Waals surface area contributed by atoms with Crippen molar-refractivity contribution in [1.82, 2.24) is 20.5 Å². The predicted octanol–water partition coefficient (Wildman–Crippen LogP) is 3.21. The van der Waals surface area contributed by atoms with Crippen LogP contribution in [0.15, 0.2) is 45.2 Å². The van der Waals surface area contributed by atoms with Gasteiger partial charge in [0.2, 0.25) is 0 Å². The van der Waals surface area contributed by atoms with E-state index in [9.17, 15) is 0 Å². The molecule has 2 aromatic rings. The highest BCUT2D eigenvalue weighted by atomic mass is 32.2. The lowest BCUT2D eigenvalue weighted by molar-refractivity contribution is 0.0341. The zero-order chi connectivity index (χ0) is 20.2. The Morgan fingerprint density at radius 3 is 2.83 bits per heavy atom. The number of thiazole rings is 1. The first-order valence-corrected chi connectivity index (χ1v) is 12.1. The molecule has 0 amide bonds. The fraction of sp³-hybridized carbons (Fsp3) is 0.524. The standard InChI is InChI=1S/C21H31N5OS2/c1-2-22-20(23-8-5-14-28-21-24-9-15-29-21)25-16-18-6-3-4-7-19(18)17-26-10-12-27-13-11-26/h3-4,6-7,9,15H,2,5,8,10-14,16-17H2,1H3,(H2,22,23,25). The van der Waals surface area contributed by atoms with Crippen LogP contribution in [-0.2, 0) is 17.8 Å². The molecule has 2 heterocycles. The van der Waals surface area contributed by atoms with Crippen LogP contribution < -0.4 is 10.6 Å². The van der Waals surface area contributed by atoms with Gasteiger partial charge in [-0.3, -0.25) is 4.90 Å². The number of guanidine groups is 1. The van der Waals surface area contributed by atoms with E-state index in [0.717, 1.165) is 68.4 Å². The van der Waals surface area contributed by atoms with Crippen LogP contribution in [0.1, 0.15) is 24.5 Å². The van der Waals surface area contributed by atoms with Crippen LogP contribution in [0.3, 0.4) is 0 Å². The van der Waals surface area contributed by atoms with Crippen molar-refractivity contribution in [2.75, 3.05) is 45.1 Å². The van der Waals surface area contributed by atoms with Gasteiger partial charge in [0, 0.05) is 50.1 Å². The van der Waals surface area contributed by atoms with Gasteiger partial charge >= 0.3 is 0 Å². The Morgan fingerprint density at radius 1 is 1.24 bits per heavy atom. The summed E-state index contributed by atoms with van der Waals surface area (Å²) < 4.78 is 6.61. The first kappa shape index (κ1) is 22.1. The Hall–Kier alpha value is -1.61. The molecule has 0 saturated carbocycles. The number of aliphatic imine (C=N–C) groups is 1. The van der Waals surface area contributed by atoms with Crippen LogP contribution in [0, 0.1) is 0 Å². The second-order valence-corrected chi connectivity index (χ2v) is 9.02. The number of nitrogens with zero attached hydrogens (tertiary/aromatic N) is 3. The van der Waals surface area contributed by atoms with Crippen LogP contribution in [0.2, 0.25) is 0 Å². The lowest BCUT2D eigenvalue weighted by Gasteiger charge is -2.27.